The molecule has 0 saturated heterocycles. The van der Waals surface area contributed by atoms with Gasteiger partial charge in [-0.15, -0.1) is 11.8 Å². The van der Waals surface area contributed by atoms with Crippen LogP contribution in [0.2, 0.25) is 0 Å². The smallest absolute Gasteiger partial charge is 0.288 e. The highest BCUT2D eigenvalue weighted by atomic mass is 32.2. The molecule has 0 spiro atoms. The second-order valence-electron chi connectivity index (χ2n) is 6.31. The van der Waals surface area contributed by atoms with Crippen molar-refractivity contribution in [3.63, 3.8) is 0 Å². The molecule has 25 heavy (non-hydrogen) atoms. The molecule has 4 rings (SSSR count). The van der Waals surface area contributed by atoms with Crippen LogP contribution in [0.25, 0.3) is 11.0 Å². The summed E-state index contributed by atoms with van der Waals surface area (Å²) in [5.41, 5.74) is 3.48. The van der Waals surface area contributed by atoms with Crippen LogP contribution in [0, 0.1) is 13.8 Å². The van der Waals surface area contributed by atoms with Crippen LogP contribution in [-0.4, -0.2) is 12.2 Å². The third-order valence-electron chi connectivity index (χ3n) is 4.58. The average molecular weight is 351 g/mol. The summed E-state index contributed by atoms with van der Waals surface area (Å²) in [4.78, 5) is 26.6. The zero-order valence-corrected chi connectivity index (χ0v) is 15.0. The number of carbonyl (C=O) groups excluding carboxylic acids is 1. The van der Waals surface area contributed by atoms with Gasteiger partial charge in [0.15, 0.2) is 5.43 Å². The van der Waals surface area contributed by atoms with Gasteiger partial charge in [-0.3, -0.25) is 9.59 Å². The van der Waals surface area contributed by atoms with E-state index in [1.54, 1.807) is 11.8 Å². The van der Waals surface area contributed by atoms with Crippen molar-refractivity contribution in [3.05, 3.63) is 74.6 Å². The number of benzene rings is 2. The standard InChI is InChI=1S/C20H17NO3S/c1-10-8-11(2)18-14(9-10)17(22)15-16(21-20(23)19(15)24-18)12-4-6-13(25-3)7-5-12/h4-9,16H,1-3H3,(H,21,23). The topological polar surface area (TPSA) is 59.3 Å². The minimum atomic E-state index is -0.472. The SMILES string of the molecule is CSc1ccc(C2NC(=O)c3oc4c(C)cc(C)cc4c(=O)c32)cc1. The predicted octanol–water partition coefficient (Wildman–Crippen LogP) is 3.96. The first-order valence-electron chi connectivity index (χ1n) is 8.02. The molecule has 1 amide bonds. The summed E-state index contributed by atoms with van der Waals surface area (Å²) in [6.07, 6.45) is 2.01. The minimum Gasteiger partial charge on any atom is -0.450 e. The Kier molecular flexibility index (Phi) is 3.69. The number of nitrogens with one attached hydrogen (secondary N) is 1. The summed E-state index contributed by atoms with van der Waals surface area (Å²) >= 11 is 1.65. The van der Waals surface area contributed by atoms with Crippen LogP contribution in [0.1, 0.15) is 38.9 Å². The van der Waals surface area contributed by atoms with Crippen molar-refractivity contribution in [2.75, 3.05) is 6.26 Å². The molecule has 3 aromatic rings. The van der Waals surface area contributed by atoms with Crippen LogP contribution in [0.3, 0.4) is 0 Å². The van der Waals surface area contributed by atoms with Crippen molar-refractivity contribution in [2.24, 2.45) is 0 Å². The number of hydrogen-bond acceptors (Lipinski definition) is 4. The maximum Gasteiger partial charge on any atom is 0.288 e. The summed E-state index contributed by atoms with van der Waals surface area (Å²) in [7, 11) is 0. The fourth-order valence-corrected chi connectivity index (χ4v) is 3.82. The van der Waals surface area contributed by atoms with Gasteiger partial charge in [0.1, 0.15) is 5.58 Å². The van der Waals surface area contributed by atoms with Gasteiger partial charge in [0.2, 0.25) is 5.76 Å². The van der Waals surface area contributed by atoms with Crippen molar-refractivity contribution >= 4 is 28.6 Å². The van der Waals surface area contributed by atoms with E-state index in [0.717, 1.165) is 21.6 Å². The van der Waals surface area contributed by atoms with E-state index in [9.17, 15) is 9.59 Å². The molecule has 0 bridgehead atoms. The van der Waals surface area contributed by atoms with E-state index < -0.39 is 6.04 Å². The van der Waals surface area contributed by atoms with E-state index in [1.807, 2.05) is 56.5 Å². The van der Waals surface area contributed by atoms with Crippen LogP contribution in [-0.2, 0) is 0 Å². The minimum absolute atomic E-state index is 0.128. The molecule has 1 aliphatic rings. The Morgan fingerprint density at radius 3 is 2.48 bits per heavy atom. The molecule has 5 heteroatoms. The molecule has 0 aliphatic carbocycles. The largest absolute Gasteiger partial charge is 0.450 e. The van der Waals surface area contributed by atoms with E-state index in [4.69, 9.17) is 4.42 Å². The summed E-state index contributed by atoms with van der Waals surface area (Å²) in [6, 6.07) is 11.2. The van der Waals surface area contributed by atoms with Crippen LogP contribution in [0.15, 0.2) is 50.5 Å². The molecule has 0 saturated carbocycles. The number of fused-ring (bicyclic) bond motifs is 2. The van der Waals surface area contributed by atoms with Crippen LogP contribution >= 0.6 is 11.8 Å². The Balaban J connectivity index is 1.96. The molecule has 4 nitrogen and oxygen atoms in total. The normalized spacial score (nSPS) is 16.1. The molecule has 2 aromatic carbocycles. The van der Waals surface area contributed by atoms with Crippen molar-refractivity contribution < 1.29 is 9.21 Å². The number of hydrogen-bond donors (Lipinski definition) is 1. The third kappa shape index (κ3) is 2.46. The Morgan fingerprint density at radius 2 is 1.80 bits per heavy atom. The highest BCUT2D eigenvalue weighted by molar-refractivity contribution is 7.98. The average Bonchev–Trinajstić information content (AvgIpc) is 2.93. The monoisotopic (exact) mass is 351 g/mol. The molecular formula is C20H17NO3S. The van der Waals surface area contributed by atoms with Crippen molar-refractivity contribution in [1.29, 1.82) is 0 Å². The third-order valence-corrected chi connectivity index (χ3v) is 5.32. The molecule has 0 fully saturated rings. The Morgan fingerprint density at radius 1 is 1.08 bits per heavy atom. The molecule has 1 aliphatic heterocycles. The summed E-state index contributed by atoms with van der Waals surface area (Å²) in [6.45, 7) is 3.83. The molecule has 0 radical (unpaired) electrons. The Labute approximate surface area is 149 Å². The van der Waals surface area contributed by atoms with Crippen LogP contribution in [0.4, 0.5) is 0 Å². The van der Waals surface area contributed by atoms with Gasteiger partial charge in [-0.2, -0.15) is 0 Å². The maximum absolute atomic E-state index is 13.1. The molecule has 126 valence electrons. The quantitative estimate of drug-likeness (QED) is 0.710. The van der Waals surface area contributed by atoms with E-state index in [0.29, 0.717) is 16.5 Å². The number of carbonyl (C=O) groups is 1. The fourth-order valence-electron chi connectivity index (χ4n) is 3.41. The van der Waals surface area contributed by atoms with Gasteiger partial charge < -0.3 is 9.73 Å². The summed E-state index contributed by atoms with van der Waals surface area (Å²) < 4.78 is 5.86. The second kappa shape index (κ2) is 5.77. The first kappa shape index (κ1) is 16.0. The first-order valence-corrected chi connectivity index (χ1v) is 9.25. The van der Waals surface area contributed by atoms with E-state index in [1.165, 1.54) is 0 Å². The van der Waals surface area contributed by atoms with Gasteiger partial charge in [-0.05, 0) is 55.0 Å². The first-order chi connectivity index (χ1) is 12.0. The number of amides is 1. The maximum atomic E-state index is 13.1. The van der Waals surface area contributed by atoms with Crippen molar-refractivity contribution in [1.82, 2.24) is 5.32 Å². The highest BCUT2D eigenvalue weighted by Crippen LogP contribution is 2.32. The number of rotatable bonds is 2. The predicted molar refractivity (Wildman–Crippen MR) is 99.5 cm³/mol. The highest BCUT2D eigenvalue weighted by Gasteiger charge is 2.36. The van der Waals surface area contributed by atoms with Gasteiger partial charge in [-0.25, -0.2) is 0 Å². The molecule has 1 aromatic heterocycles. The van der Waals surface area contributed by atoms with E-state index in [2.05, 4.69) is 5.32 Å². The number of thioether (sulfide) groups is 1. The summed E-state index contributed by atoms with van der Waals surface area (Å²) in [5.74, 6) is -0.212. The number of aryl methyl sites for hydroxylation is 2. The van der Waals surface area contributed by atoms with Crippen molar-refractivity contribution in [3.8, 4) is 0 Å². The summed E-state index contributed by atoms with van der Waals surface area (Å²) in [5, 5.41) is 3.41. The molecule has 1 N–H and O–H groups in total. The Hall–Kier alpha value is -2.53. The molecular weight excluding hydrogens is 334 g/mol. The molecule has 2 heterocycles. The van der Waals surface area contributed by atoms with Gasteiger partial charge in [0.25, 0.3) is 5.91 Å². The van der Waals surface area contributed by atoms with Gasteiger partial charge in [-0.1, -0.05) is 18.2 Å². The van der Waals surface area contributed by atoms with Crippen LogP contribution in [0.5, 0.6) is 0 Å². The molecule has 1 unspecified atom stereocenters. The lowest BCUT2D eigenvalue weighted by atomic mass is 9.98. The fraction of sp³-hybridized carbons (Fsp3) is 0.200. The Bertz CT molecular complexity index is 1070. The second-order valence-corrected chi connectivity index (χ2v) is 7.19. The molecule has 1 atom stereocenters. The van der Waals surface area contributed by atoms with Crippen molar-refractivity contribution in [2.45, 2.75) is 24.8 Å². The van der Waals surface area contributed by atoms with E-state index >= 15 is 0 Å². The van der Waals surface area contributed by atoms with Gasteiger partial charge in [0.05, 0.1) is 17.0 Å². The lowest BCUT2D eigenvalue weighted by Crippen LogP contribution is -2.21. The lowest BCUT2D eigenvalue weighted by Gasteiger charge is -2.12. The van der Waals surface area contributed by atoms with Gasteiger partial charge >= 0.3 is 0 Å². The zero-order valence-electron chi connectivity index (χ0n) is 14.2. The van der Waals surface area contributed by atoms with Gasteiger partial charge in [0, 0.05) is 4.90 Å². The zero-order chi connectivity index (χ0) is 17.7. The lowest BCUT2D eigenvalue weighted by molar-refractivity contribution is 0.0938. The van der Waals surface area contributed by atoms with E-state index in [-0.39, 0.29) is 17.1 Å². The van der Waals surface area contributed by atoms with Crippen LogP contribution < -0.4 is 10.7 Å².